The first-order valence-corrected chi connectivity index (χ1v) is 5.78. The predicted octanol–water partition coefficient (Wildman–Crippen LogP) is 3.91. The lowest BCUT2D eigenvalue weighted by atomic mass is 10.0. The molecule has 0 heterocycles. The smallest absolute Gasteiger partial charge is 0.107 e. The summed E-state index contributed by atoms with van der Waals surface area (Å²) in [6.45, 7) is 2.38. The zero-order chi connectivity index (χ0) is 12.1. The van der Waals surface area contributed by atoms with E-state index in [-0.39, 0.29) is 6.61 Å². The van der Waals surface area contributed by atoms with Crippen molar-refractivity contribution in [1.82, 2.24) is 0 Å². The second kappa shape index (κ2) is 5.62. The van der Waals surface area contributed by atoms with Crippen LogP contribution in [0.1, 0.15) is 18.1 Å². The highest BCUT2D eigenvalue weighted by Crippen LogP contribution is 2.21. The van der Waals surface area contributed by atoms with Gasteiger partial charge in [0.15, 0.2) is 0 Å². The molecule has 0 aromatic heterocycles. The van der Waals surface area contributed by atoms with Gasteiger partial charge in [-0.1, -0.05) is 55.5 Å². The molecule has 0 unspecified atom stereocenters. The van der Waals surface area contributed by atoms with Crippen LogP contribution in [-0.4, -0.2) is 5.26 Å². The van der Waals surface area contributed by atoms with Crippen LogP contribution in [0.3, 0.4) is 0 Å². The largest absolute Gasteiger partial charge is 0.251 e. The molecule has 0 aliphatic carbocycles. The molecule has 0 spiro atoms. The molecule has 0 aliphatic heterocycles. The topological polar surface area (TPSA) is 29.5 Å². The fourth-order valence-electron chi connectivity index (χ4n) is 1.84. The van der Waals surface area contributed by atoms with Crippen molar-refractivity contribution in [1.29, 1.82) is 0 Å². The molecule has 88 valence electrons. The molecule has 2 aromatic carbocycles. The van der Waals surface area contributed by atoms with Crippen LogP contribution in [0.5, 0.6) is 0 Å². The summed E-state index contributed by atoms with van der Waals surface area (Å²) in [6, 6.07) is 16.5. The van der Waals surface area contributed by atoms with Crippen molar-refractivity contribution in [3.8, 4) is 11.1 Å². The third kappa shape index (κ3) is 2.93. The predicted molar refractivity (Wildman–Crippen MR) is 68.7 cm³/mol. The maximum absolute atomic E-state index is 8.37. The van der Waals surface area contributed by atoms with Gasteiger partial charge in [-0.25, -0.2) is 4.89 Å². The third-order valence-electron chi connectivity index (χ3n) is 2.85. The molecule has 0 bridgehead atoms. The summed E-state index contributed by atoms with van der Waals surface area (Å²) in [5, 5.41) is 8.37. The van der Waals surface area contributed by atoms with Gasteiger partial charge in [0.2, 0.25) is 0 Å². The van der Waals surface area contributed by atoms with Crippen LogP contribution in [0.15, 0.2) is 48.5 Å². The Bertz CT molecular complexity index is 475. The Morgan fingerprint density at radius 3 is 2.35 bits per heavy atom. The first kappa shape index (κ1) is 11.8. The fraction of sp³-hybridized carbons (Fsp3) is 0.200. The Kier molecular flexibility index (Phi) is 3.91. The first-order valence-electron chi connectivity index (χ1n) is 5.78. The molecule has 0 aliphatic rings. The third-order valence-corrected chi connectivity index (χ3v) is 2.85. The van der Waals surface area contributed by atoms with Crippen molar-refractivity contribution in [2.24, 2.45) is 0 Å². The highest BCUT2D eigenvalue weighted by atomic mass is 17.1. The minimum Gasteiger partial charge on any atom is -0.251 e. The lowest BCUT2D eigenvalue weighted by Gasteiger charge is -2.05. The van der Waals surface area contributed by atoms with Crippen LogP contribution < -0.4 is 0 Å². The van der Waals surface area contributed by atoms with Gasteiger partial charge in [0, 0.05) is 0 Å². The number of rotatable bonds is 4. The van der Waals surface area contributed by atoms with Crippen molar-refractivity contribution in [3.05, 3.63) is 59.7 Å². The van der Waals surface area contributed by atoms with E-state index in [0.717, 1.165) is 12.0 Å². The quantitative estimate of drug-likeness (QED) is 0.635. The number of hydrogen-bond acceptors (Lipinski definition) is 2. The number of hydrogen-bond donors (Lipinski definition) is 1. The highest BCUT2D eigenvalue weighted by molar-refractivity contribution is 5.64. The molecule has 0 saturated carbocycles. The van der Waals surface area contributed by atoms with Crippen LogP contribution in [0.25, 0.3) is 11.1 Å². The van der Waals surface area contributed by atoms with E-state index >= 15 is 0 Å². The lowest BCUT2D eigenvalue weighted by Crippen LogP contribution is -1.88. The summed E-state index contributed by atoms with van der Waals surface area (Å²) in [4.78, 5) is 4.11. The van der Waals surface area contributed by atoms with E-state index in [4.69, 9.17) is 5.26 Å². The Balaban J connectivity index is 2.26. The van der Waals surface area contributed by atoms with Crippen LogP contribution in [-0.2, 0) is 17.9 Å². The normalized spacial score (nSPS) is 10.5. The zero-order valence-electron chi connectivity index (χ0n) is 9.89. The van der Waals surface area contributed by atoms with Gasteiger partial charge in [-0.05, 0) is 28.7 Å². The molecule has 0 radical (unpaired) electrons. The van der Waals surface area contributed by atoms with E-state index in [9.17, 15) is 0 Å². The van der Waals surface area contributed by atoms with Crippen molar-refractivity contribution in [3.63, 3.8) is 0 Å². The Morgan fingerprint density at radius 2 is 1.71 bits per heavy atom. The number of benzene rings is 2. The number of aryl methyl sites for hydroxylation is 1. The SMILES string of the molecule is CCc1cccc(-c2ccc(COO)cc2)c1. The monoisotopic (exact) mass is 228 g/mol. The maximum Gasteiger partial charge on any atom is 0.107 e. The van der Waals surface area contributed by atoms with Gasteiger partial charge in [-0.15, -0.1) is 0 Å². The summed E-state index contributed by atoms with van der Waals surface area (Å²) in [5.41, 5.74) is 4.70. The van der Waals surface area contributed by atoms with Crippen LogP contribution in [0.2, 0.25) is 0 Å². The Hall–Kier alpha value is -1.64. The van der Waals surface area contributed by atoms with E-state index in [1.54, 1.807) is 0 Å². The molecule has 17 heavy (non-hydrogen) atoms. The fourth-order valence-corrected chi connectivity index (χ4v) is 1.84. The van der Waals surface area contributed by atoms with Crippen molar-refractivity contribution >= 4 is 0 Å². The van der Waals surface area contributed by atoms with E-state index in [1.807, 2.05) is 24.3 Å². The van der Waals surface area contributed by atoms with Gasteiger partial charge in [0.25, 0.3) is 0 Å². The molecular formula is C15H16O2. The van der Waals surface area contributed by atoms with E-state index in [2.05, 4.69) is 36.1 Å². The Labute approximate surface area is 101 Å². The zero-order valence-corrected chi connectivity index (χ0v) is 9.89. The van der Waals surface area contributed by atoms with Crippen LogP contribution in [0.4, 0.5) is 0 Å². The second-order valence-electron chi connectivity index (χ2n) is 4.02. The molecule has 0 atom stereocenters. The Morgan fingerprint density at radius 1 is 0.941 bits per heavy atom. The molecule has 2 heteroatoms. The molecule has 0 saturated heterocycles. The summed E-state index contributed by atoms with van der Waals surface area (Å²) in [7, 11) is 0. The van der Waals surface area contributed by atoms with Crippen LogP contribution in [0, 0.1) is 0 Å². The van der Waals surface area contributed by atoms with Crippen molar-refractivity contribution in [2.75, 3.05) is 0 Å². The van der Waals surface area contributed by atoms with Gasteiger partial charge < -0.3 is 0 Å². The molecule has 2 nitrogen and oxygen atoms in total. The summed E-state index contributed by atoms with van der Waals surface area (Å²) < 4.78 is 0. The first-order chi connectivity index (χ1) is 8.33. The van der Waals surface area contributed by atoms with E-state index in [0.29, 0.717) is 0 Å². The standard InChI is InChI=1S/C15H16O2/c1-2-12-4-3-5-15(10-12)14-8-6-13(7-9-14)11-17-16/h3-10,16H,2,11H2,1H3. The average molecular weight is 228 g/mol. The minimum atomic E-state index is 0.231. The van der Waals surface area contributed by atoms with Crippen molar-refractivity contribution in [2.45, 2.75) is 20.0 Å². The minimum absolute atomic E-state index is 0.231. The second-order valence-corrected chi connectivity index (χ2v) is 4.02. The molecule has 2 rings (SSSR count). The van der Waals surface area contributed by atoms with Gasteiger partial charge in [-0.2, -0.15) is 0 Å². The van der Waals surface area contributed by atoms with Gasteiger partial charge in [0.1, 0.15) is 6.61 Å². The summed E-state index contributed by atoms with van der Waals surface area (Å²) in [5.74, 6) is 0. The molecule has 2 aromatic rings. The van der Waals surface area contributed by atoms with Crippen LogP contribution >= 0.6 is 0 Å². The molecule has 0 fully saturated rings. The lowest BCUT2D eigenvalue weighted by molar-refractivity contribution is -0.253. The van der Waals surface area contributed by atoms with Crippen molar-refractivity contribution < 1.29 is 10.1 Å². The summed E-state index contributed by atoms with van der Waals surface area (Å²) >= 11 is 0. The van der Waals surface area contributed by atoms with E-state index < -0.39 is 0 Å². The average Bonchev–Trinajstić information content (AvgIpc) is 2.40. The van der Waals surface area contributed by atoms with Gasteiger partial charge in [-0.3, -0.25) is 5.26 Å². The molecule has 1 N–H and O–H groups in total. The highest BCUT2D eigenvalue weighted by Gasteiger charge is 1.99. The maximum atomic E-state index is 8.37. The van der Waals surface area contributed by atoms with E-state index in [1.165, 1.54) is 16.7 Å². The van der Waals surface area contributed by atoms with Gasteiger partial charge in [0.05, 0.1) is 0 Å². The van der Waals surface area contributed by atoms with Gasteiger partial charge >= 0.3 is 0 Å². The summed E-state index contributed by atoms with van der Waals surface area (Å²) in [6.07, 6.45) is 1.05. The molecule has 0 amide bonds. The molecular weight excluding hydrogens is 212 g/mol.